The maximum Gasteiger partial charge on any atom is 0.323 e. The van der Waals surface area contributed by atoms with Crippen molar-refractivity contribution in [2.75, 3.05) is 45.1 Å². The number of ether oxygens (including phenoxy) is 2. The number of hydrogen-bond acceptors (Lipinski definition) is 7. The molecule has 1 aromatic rings. The largest absolute Gasteiger partial charge is 0.458 e. The Kier molecular flexibility index (Phi) is 4.89. The lowest BCUT2D eigenvalue weighted by Gasteiger charge is -2.15. The molecule has 1 heterocycles. The molecule has 0 radical (unpaired) electrons. The Morgan fingerprint density at radius 1 is 1.29 bits per heavy atom. The summed E-state index contributed by atoms with van der Waals surface area (Å²) in [5.41, 5.74) is 0. The van der Waals surface area contributed by atoms with Gasteiger partial charge in [0.15, 0.2) is 0 Å². The van der Waals surface area contributed by atoms with Crippen LogP contribution >= 0.6 is 0 Å². The summed E-state index contributed by atoms with van der Waals surface area (Å²) in [6.45, 7) is 2.37. The van der Waals surface area contributed by atoms with Crippen molar-refractivity contribution in [3.8, 4) is 6.01 Å². The molecule has 0 saturated carbocycles. The Bertz CT molecular complexity index is 359. The van der Waals surface area contributed by atoms with Crippen LogP contribution in [0.2, 0.25) is 0 Å². The van der Waals surface area contributed by atoms with Crippen LogP contribution < -0.4 is 15.0 Å². The minimum absolute atomic E-state index is 0.109. The Hall–Kier alpha value is -1.63. The Morgan fingerprint density at radius 3 is 2.53 bits per heavy atom. The summed E-state index contributed by atoms with van der Waals surface area (Å²) in [5.74, 6) is 1.02. The van der Waals surface area contributed by atoms with Gasteiger partial charge in [-0.3, -0.25) is 0 Å². The zero-order valence-electron chi connectivity index (χ0n) is 10.9. The second-order valence-electron chi connectivity index (χ2n) is 3.77. The van der Waals surface area contributed by atoms with Crippen LogP contribution in [0.1, 0.15) is 6.92 Å². The van der Waals surface area contributed by atoms with Gasteiger partial charge in [0.1, 0.15) is 6.10 Å². The van der Waals surface area contributed by atoms with E-state index in [0.29, 0.717) is 18.5 Å². The Labute approximate surface area is 101 Å². The molecule has 1 unspecified atom stereocenters. The van der Waals surface area contributed by atoms with E-state index in [9.17, 15) is 0 Å². The number of methoxy groups -OCH3 is 1. The van der Waals surface area contributed by atoms with E-state index >= 15 is 0 Å². The van der Waals surface area contributed by atoms with Crippen LogP contribution in [0.5, 0.6) is 6.01 Å². The van der Waals surface area contributed by atoms with E-state index in [2.05, 4.69) is 20.3 Å². The van der Waals surface area contributed by atoms with Crippen molar-refractivity contribution in [2.45, 2.75) is 13.0 Å². The quantitative estimate of drug-likeness (QED) is 0.772. The van der Waals surface area contributed by atoms with E-state index in [1.807, 2.05) is 21.0 Å². The van der Waals surface area contributed by atoms with Crippen LogP contribution in [0.25, 0.3) is 0 Å². The molecule has 96 valence electrons. The van der Waals surface area contributed by atoms with Gasteiger partial charge in [-0.25, -0.2) is 0 Å². The molecule has 0 bridgehead atoms. The first kappa shape index (κ1) is 13.4. The highest BCUT2D eigenvalue weighted by Gasteiger charge is 2.11. The van der Waals surface area contributed by atoms with Gasteiger partial charge in [0.05, 0.1) is 6.61 Å². The van der Waals surface area contributed by atoms with Crippen molar-refractivity contribution in [1.29, 1.82) is 0 Å². The van der Waals surface area contributed by atoms with E-state index in [0.717, 1.165) is 0 Å². The predicted molar refractivity (Wildman–Crippen MR) is 65.7 cm³/mol. The number of hydrogen-bond donors (Lipinski definition) is 1. The Balaban J connectivity index is 2.87. The van der Waals surface area contributed by atoms with E-state index < -0.39 is 0 Å². The highest BCUT2D eigenvalue weighted by molar-refractivity contribution is 5.36. The van der Waals surface area contributed by atoms with Gasteiger partial charge in [0.25, 0.3) is 0 Å². The fourth-order valence-electron chi connectivity index (χ4n) is 1.16. The number of rotatable bonds is 6. The topological polar surface area (TPSA) is 72.4 Å². The van der Waals surface area contributed by atoms with Crippen molar-refractivity contribution < 1.29 is 9.47 Å². The minimum atomic E-state index is -0.109. The van der Waals surface area contributed by atoms with Crippen LogP contribution in [0, 0.1) is 0 Å². The summed E-state index contributed by atoms with van der Waals surface area (Å²) in [7, 11) is 7.09. The van der Waals surface area contributed by atoms with Crippen molar-refractivity contribution in [3.63, 3.8) is 0 Å². The van der Waals surface area contributed by atoms with Crippen molar-refractivity contribution in [3.05, 3.63) is 0 Å². The monoisotopic (exact) mass is 241 g/mol. The molecule has 0 saturated heterocycles. The van der Waals surface area contributed by atoms with Crippen LogP contribution in [0.15, 0.2) is 0 Å². The first-order valence-corrected chi connectivity index (χ1v) is 5.33. The summed E-state index contributed by atoms with van der Waals surface area (Å²) in [6.07, 6.45) is -0.109. The lowest BCUT2D eigenvalue weighted by atomic mass is 10.4. The van der Waals surface area contributed by atoms with Crippen molar-refractivity contribution >= 4 is 11.9 Å². The third-order valence-corrected chi connectivity index (χ3v) is 1.93. The highest BCUT2D eigenvalue weighted by atomic mass is 16.5. The third kappa shape index (κ3) is 4.03. The molecule has 0 aliphatic heterocycles. The highest BCUT2D eigenvalue weighted by Crippen LogP contribution is 2.13. The molecule has 1 rings (SSSR count). The molecule has 0 aromatic carbocycles. The molecule has 0 spiro atoms. The van der Waals surface area contributed by atoms with Crippen LogP contribution in [-0.2, 0) is 4.74 Å². The smallest absolute Gasteiger partial charge is 0.323 e. The molecule has 0 aliphatic rings. The fraction of sp³-hybridized carbons (Fsp3) is 0.700. The van der Waals surface area contributed by atoms with Crippen LogP contribution in [0.4, 0.5) is 11.9 Å². The van der Waals surface area contributed by atoms with Gasteiger partial charge < -0.3 is 19.7 Å². The molecule has 1 atom stereocenters. The maximum atomic E-state index is 5.53. The van der Waals surface area contributed by atoms with Gasteiger partial charge in [0, 0.05) is 28.3 Å². The molecule has 7 nitrogen and oxygen atoms in total. The number of aromatic nitrogens is 3. The van der Waals surface area contributed by atoms with Gasteiger partial charge in [-0.15, -0.1) is 0 Å². The average molecular weight is 241 g/mol. The zero-order chi connectivity index (χ0) is 12.8. The van der Waals surface area contributed by atoms with Crippen LogP contribution in [0.3, 0.4) is 0 Å². The summed E-state index contributed by atoms with van der Waals surface area (Å²) in [6, 6.07) is 0.289. The SMILES string of the molecule is CNc1nc(OC(C)COC)nc(N(C)C)n1. The standard InChI is InChI=1S/C10H19N5O2/c1-7(6-16-5)17-10-13-8(11-2)12-9(14-10)15(3)4/h7H,6H2,1-5H3,(H,11,12,13,14). The number of anilines is 2. The second kappa shape index (κ2) is 6.19. The third-order valence-electron chi connectivity index (χ3n) is 1.93. The van der Waals surface area contributed by atoms with E-state index in [-0.39, 0.29) is 12.1 Å². The molecule has 17 heavy (non-hydrogen) atoms. The fourth-order valence-corrected chi connectivity index (χ4v) is 1.16. The van der Waals surface area contributed by atoms with Gasteiger partial charge in [0.2, 0.25) is 11.9 Å². The molecule has 0 amide bonds. The van der Waals surface area contributed by atoms with Gasteiger partial charge in [-0.1, -0.05) is 0 Å². The number of nitrogens with one attached hydrogen (secondary N) is 1. The first-order chi connectivity index (χ1) is 8.06. The van der Waals surface area contributed by atoms with Crippen molar-refractivity contribution in [1.82, 2.24) is 15.0 Å². The van der Waals surface area contributed by atoms with Crippen molar-refractivity contribution in [2.24, 2.45) is 0 Å². The molecule has 1 N–H and O–H groups in total. The van der Waals surface area contributed by atoms with E-state index in [4.69, 9.17) is 9.47 Å². The summed E-state index contributed by atoms with van der Waals surface area (Å²) in [5, 5.41) is 2.87. The van der Waals surface area contributed by atoms with Crippen LogP contribution in [-0.4, -0.2) is 55.9 Å². The molecule has 0 aliphatic carbocycles. The minimum Gasteiger partial charge on any atom is -0.458 e. The summed E-state index contributed by atoms with van der Waals surface area (Å²) >= 11 is 0. The molecule has 0 fully saturated rings. The molecule has 1 aromatic heterocycles. The zero-order valence-corrected chi connectivity index (χ0v) is 10.9. The molecular weight excluding hydrogens is 222 g/mol. The lowest BCUT2D eigenvalue weighted by Crippen LogP contribution is -2.21. The first-order valence-electron chi connectivity index (χ1n) is 5.33. The predicted octanol–water partition coefficient (Wildman–Crippen LogP) is 0.393. The summed E-state index contributed by atoms with van der Waals surface area (Å²) in [4.78, 5) is 14.3. The Morgan fingerprint density at radius 2 is 2.00 bits per heavy atom. The lowest BCUT2D eigenvalue weighted by molar-refractivity contribution is 0.0855. The van der Waals surface area contributed by atoms with Gasteiger partial charge in [-0.05, 0) is 6.92 Å². The average Bonchev–Trinajstić information content (AvgIpc) is 2.28. The normalized spacial score (nSPS) is 12.1. The van der Waals surface area contributed by atoms with Gasteiger partial charge in [-0.2, -0.15) is 15.0 Å². The van der Waals surface area contributed by atoms with E-state index in [1.165, 1.54) is 0 Å². The molecular formula is C10H19N5O2. The maximum absolute atomic E-state index is 5.53. The summed E-state index contributed by atoms with van der Waals surface area (Å²) < 4.78 is 10.5. The number of nitrogens with zero attached hydrogens (tertiary/aromatic N) is 4. The van der Waals surface area contributed by atoms with E-state index in [1.54, 1.807) is 19.1 Å². The van der Waals surface area contributed by atoms with Gasteiger partial charge >= 0.3 is 6.01 Å². The second-order valence-corrected chi connectivity index (χ2v) is 3.77. The molecule has 7 heteroatoms.